The van der Waals surface area contributed by atoms with E-state index in [1.54, 1.807) is 18.2 Å². The van der Waals surface area contributed by atoms with Gasteiger partial charge in [-0.15, -0.1) is 0 Å². The van der Waals surface area contributed by atoms with Gasteiger partial charge in [0.15, 0.2) is 0 Å². The van der Waals surface area contributed by atoms with Gasteiger partial charge in [-0.05, 0) is 53.9 Å². The molecule has 1 aromatic heterocycles. The van der Waals surface area contributed by atoms with Crippen LogP contribution in [0.2, 0.25) is 5.02 Å². The number of carboxylic acid groups (broad SMARTS) is 1. The van der Waals surface area contributed by atoms with E-state index >= 15 is 0 Å². The number of anilines is 2. The number of aromatic amines is 1. The molecule has 0 aliphatic carbocycles. The number of benzene rings is 4. The molecule has 31 heavy (non-hydrogen) atoms. The van der Waals surface area contributed by atoms with E-state index in [-0.39, 0.29) is 28.0 Å². The van der Waals surface area contributed by atoms with Crippen LogP contribution in [-0.4, -0.2) is 21.3 Å². The van der Waals surface area contributed by atoms with Crippen LogP contribution in [0.4, 0.5) is 25.0 Å². The summed E-state index contributed by atoms with van der Waals surface area (Å²) < 4.78 is 27.2. The van der Waals surface area contributed by atoms with Gasteiger partial charge in [-0.1, -0.05) is 23.7 Å². The lowest BCUT2D eigenvalue weighted by molar-refractivity contribution is 0.204. The first-order valence-corrected chi connectivity index (χ1v) is 9.56. The van der Waals surface area contributed by atoms with E-state index < -0.39 is 11.9 Å². The second-order valence-electron chi connectivity index (χ2n) is 7.08. The molecule has 5 nitrogen and oxygen atoms in total. The molecular formula is C23H13ClF2N2O3. The fourth-order valence-corrected chi connectivity index (χ4v) is 4.02. The molecule has 0 saturated carbocycles. The lowest BCUT2D eigenvalue weighted by Crippen LogP contribution is -2.23. The minimum absolute atomic E-state index is 0.0100. The predicted octanol–water partition coefficient (Wildman–Crippen LogP) is 6.93. The maximum atomic E-state index is 13.7. The average molecular weight is 439 g/mol. The average Bonchev–Trinajstić information content (AvgIpc) is 3.09. The van der Waals surface area contributed by atoms with Gasteiger partial charge in [0.25, 0.3) is 0 Å². The van der Waals surface area contributed by atoms with Crippen LogP contribution in [0.5, 0.6) is 5.75 Å². The zero-order valence-electron chi connectivity index (χ0n) is 15.7. The molecule has 0 aliphatic heterocycles. The smallest absolute Gasteiger partial charge is 0.416 e. The third kappa shape index (κ3) is 3.02. The Morgan fingerprint density at radius 1 is 0.935 bits per heavy atom. The maximum Gasteiger partial charge on any atom is 0.416 e. The molecule has 4 aromatic carbocycles. The highest BCUT2D eigenvalue weighted by atomic mass is 35.5. The topological polar surface area (TPSA) is 76.6 Å². The lowest BCUT2D eigenvalue weighted by atomic mass is 10.0. The van der Waals surface area contributed by atoms with E-state index in [9.17, 15) is 23.8 Å². The van der Waals surface area contributed by atoms with Crippen molar-refractivity contribution in [1.82, 2.24) is 4.98 Å². The van der Waals surface area contributed by atoms with Crippen LogP contribution >= 0.6 is 11.6 Å². The Bertz CT molecular complexity index is 1530. The zero-order valence-corrected chi connectivity index (χ0v) is 16.4. The molecule has 154 valence electrons. The third-order valence-electron chi connectivity index (χ3n) is 5.24. The molecule has 5 aromatic rings. The first-order valence-electron chi connectivity index (χ1n) is 9.18. The second kappa shape index (κ2) is 6.85. The number of aromatic hydroxyl groups is 1. The van der Waals surface area contributed by atoms with Crippen LogP contribution in [-0.2, 0) is 0 Å². The largest absolute Gasteiger partial charge is 0.506 e. The molecule has 0 aliphatic rings. The minimum atomic E-state index is -1.38. The SMILES string of the molecule is O=C(O)N(c1ccc(F)c(Cl)c1)c1cc2ccc3c4cc(F)ccc4[nH]c3c2cc1O. The summed E-state index contributed by atoms with van der Waals surface area (Å²) >= 11 is 5.81. The van der Waals surface area contributed by atoms with Crippen LogP contribution in [0.15, 0.2) is 60.7 Å². The maximum absolute atomic E-state index is 13.7. The van der Waals surface area contributed by atoms with Crippen LogP contribution in [0, 0.1) is 11.6 Å². The lowest BCUT2D eigenvalue weighted by Gasteiger charge is -2.21. The highest BCUT2D eigenvalue weighted by Crippen LogP contribution is 2.40. The number of hydrogen-bond donors (Lipinski definition) is 3. The normalized spacial score (nSPS) is 11.5. The number of fused-ring (bicyclic) bond motifs is 5. The van der Waals surface area contributed by atoms with Crippen LogP contribution in [0.1, 0.15) is 0 Å². The number of halogens is 3. The van der Waals surface area contributed by atoms with Gasteiger partial charge in [-0.25, -0.2) is 18.5 Å². The first-order chi connectivity index (χ1) is 14.8. The molecule has 0 atom stereocenters. The summed E-state index contributed by atoms with van der Waals surface area (Å²) in [7, 11) is 0. The molecule has 0 radical (unpaired) electrons. The summed E-state index contributed by atoms with van der Waals surface area (Å²) in [6, 6.07) is 14.4. The number of carbonyl (C=O) groups is 1. The van der Waals surface area contributed by atoms with Crippen molar-refractivity contribution < 1.29 is 23.8 Å². The fourth-order valence-electron chi connectivity index (χ4n) is 3.85. The van der Waals surface area contributed by atoms with Gasteiger partial charge in [0.05, 0.1) is 21.9 Å². The number of rotatable bonds is 2. The molecule has 3 N–H and O–H groups in total. The minimum Gasteiger partial charge on any atom is -0.506 e. The summed E-state index contributed by atoms with van der Waals surface area (Å²) in [6.45, 7) is 0. The summed E-state index contributed by atoms with van der Waals surface area (Å²) in [6.07, 6.45) is -1.38. The van der Waals surface area contributed by atoms with E-state index in [1.165, 1.54) is 36.4 Å². The van der Waals surface area contributed by atoms with Crippen molar-refractivity contribution >= 4 is 61.6 Å². The quantitative estimate of drug-likeness (QED) is 0.280. The number of aromatic nitrogens is 1. The van der Waals surface area contributed by atoms with Crippen molar-refractivity contribution in [1.29, 1.82) is 0 Å². The molecule has 0 unspecified atom stereocenters. The van der Waals surface area contributed by atoms with Crippen molar-refractivity contribution in [3.63, 3.8) is 0 Å². The van der Waals surface area contributed by atoms with Gasteiger partial charge in [-0.2, -0.15) is 0 Å². The Morgan fingerprint density at radius 2 is 1.74 bits per heavy atom. The molecular weight excluding hydrogens is 426 g/mol. The van der Waals surface area contributed by atoms with Crippen molar-refractivity contribution in [2.75, 3.05) is 4.90 Å². The summed E-state index contributed by atoms with van der Waals surface area (Å²) in [5.74, 6) is -1.34. The Labute approximate surface area is 178 Å². The number of phenolic OH excluding ortho intramolecular Hbond substituents is 1. The molecule has 8 heteroatoms. The van der Waals surface area contributed by atoms with E-state index in [0.717, 1.165) is 21.9 Å². The number of nitrogens with zero attached hydrogens (tertiary/aromatic N) is 1. The molecule has 1 heterocycles. The Hall–Kier alpha value is -3.84. The number of phenols is 1. The van der Waals surface area contributed by atoms with E-state index in [2.05, 4.69) is 4.98 Å². The molecule has 0 saturated heterocycles. The van der Waals surface area contributed by atoms with Crippen molar-refractivity contribution in [3.8, 4) is 5.75 Å². The van der Waals surface area contributed by atoms with E-state index in [4.69, 9.17) is 11.6 Å². The summed E-state index contributed by atoms with van der Waals surface area (Å²) in [4.78, 5) is 16.0. The predicted molar refractivity (Wildman–Crippen MR) is 117 cm³/mol. The van der Waals surface area contributed by atoms with Gasteiger partial charge < -0.3 is 15.2 Å². The fraction of sp³-hybridized carbons (Fsp3) is 0. The van der Waals surface area contributed by atoms with Gasteiger partial charge in [0.1, 0.15) is 17.4 Å². The number of nitrogens with one attached hydrogen (secondary N) is 1. The highest BCUT2D eigenvalue weighted by molar-refractivity contribution is 6.31. The van der Waals surface area contributed by atoms with Gasteiger partial charge in [0.2, 0.25) is 0 Å². The molecule has 0 spiro atoms. The number of H-pyrrole nitrogens is 1. The Morgan fingerprint density at radius 3 is 2.48 bits per heavy atom. The van der Waals surface area contributed by atoms with Crippen LogP contribution < -0.4 is 4.90 Å². The van der Waals surface area contributed by atoms with Crippen molar-refractivity contribution in [2.45, 2.75) is 0 Å². The first kappa shape index (κ1) is 19.1. The van der Waals surface area contributed by atoms with Crippen LogP contribution in [0.3, 0.4) is 0 Å². The van der Waals surface area contributed by atoms with Gasteiger partial charge in [-0.3, -0.25) is 0 Å². The molecule has 1 amide bonds. The number of hydrogen-bond acceptors (Lipinski definition) is 2. The number of amides is 1. The standard InChI is InChI=1S/C23H13ClF2N2O3/c24-17-9-13(3-5-18(17)26)28(23(30)31)20-7-11-1-4-14-16-8-12(25)2-6-19(16)27-22(14)15(11)10-21(20)29/h1-10,27,29H,(H,30,31). The molecule has 5 rings (SSSR count). The summed E-state index contributed by atoms with van der Waals surface area (Å²) in [5.41, 5.74) is 1.49. The van der Waals surface area contributed by atoms with E-state index in [0.29, 0.717) is 21.7 Å². The monoisotopic (exact) mass is 438 g/mol. The highest BCUT2D eigenvalue weighted by Gasteiger charge is 2.22. The Balaban J connectivity index is 1.75. The van der Waals surface area contributed by atoms with E-state index in [1.807, 2.05) is 0 Å². The van der Waals surface area contributed by atoms with Crippen molar-refractivity contribution in [3.05, 3.63) is 77.3 Å². The summed E-state index contributed by atoms with van der Waals surface area (Å²) in [5, 5.41) is 23.0. The third-order valence-corrected chi connectivity index (χ3v) is 5.53. The zero-order chi connectivity index (χ0) is 21.9. The Kier molecular flexibility index (Phi) is 4.23. The molecule has 0 bridgehead atoms. The second-order valence-corrected chi connectivity index (χ2v) is 7.49. The van der Waals surface area contributed by atoms with Crippen LogP contribution in [0.25, 0.3) is 32.6 Å². The molecule has 0 fully saturated rings. The van der Waals surface area contributed by atoms with Gasteiger partial charge >= 0.3 is 6.09 Å². The van der Waals surface area contributed by atoms with Crippen molar-refractivity contribution in [2.24, 2.45) is 0 Å². The van der Waals surface area contributed by atoms with Gasteiger partial charge in [0, 0.05) is 21.7 Å².